The highest BCUT2D eigenvalue weighted by molar-refractivity contribution is 4.97. The Labute approximate surface area is 82.5 Å². The molecule has 5 heteroatoms. The molecule has 1 aromatic rings. The van der Waals surface area contributed by atoms with Crippen molar-refractivity contribution in [1.82, 2.24) is 20.3 Å². The van der Waals surface area contributed by atoms with Crippen LogP contribution < -0.4 is 5.32 Å². The van der Waals surface area contributed by atoms with Gasteiger partial charge in [0.2, 0.25) is 0 Å². The highest BCUT2D eigenvalue weighted by Crippen LogP contribution is 2.15. The van der Waals surface area contributed by atoms with Gasteiger partial charge in [0.1, 0.15) is 6.17 Å². The molecular formula is C9H15FN4. The molecule has 2 atom stereocenters. The minimum absolute atomic E-state index is 0.0111. The maximum Gasteiger partial charge on any atom is 0.121 e. The number of alkyl halides is 1. The van der Waals surface area contributed by atoms with Crippen LogP contribution in [0.5, 0.6) is 0 Å². The lowest BCUT2D eigenvalue weighted by molar-refractivity contribution is 0.262. The Morgan fingerprint density at radius 1 is 1.79 bits per heavy atom. The maximum absolute atomic E-state index is 13.7. The smallest absolute Gasteiger partial charge is 0.121 e. The zero-order valence-electron chi connectivity index (χ0n) is 8.28. The molecule has 1 saturated heterocycles. The lowest BCUT2D eigenvalue weighted by Crippen LogP contribution is -2.33. The first kappa shape index (κ1) is 9.58. The van der Waals surface area contributed by atoms with Crippen LogP contribution >= 0.6 is 0 Å². The van der Waals surface area contributed by atoms with E-state index in [0.717, 1.165) is 25.1 Å². The summed E-state index contributed by atoms with van der Waals surface area (Å²) in [5.74, 6) is 0. The summed E-state index contributed by atoms with van der Waals surface area (Å²) < 4.78 is 15.3. The number of nitrogens with one attached hydrogen (secondary N) is 1. The van der Waals surface area contributed by atoms with Gasteiger partial charge in [0.15, 0.2) is 0 Å². The van der Waals surface area contributed by atoms with Gasteiger partial charge in [0, 0.05) is 25.7 Å². The Kier molecular flexibility index (Phi) is 2.77. The van der Waals surface area contributed by atoms with Crippen LogP contribution in [0.1, 0.15) is 18.5 Å². The van der Waals surface area contributed by atoms with Gasteiger partial charge >= 0.3 is 0 Å². The van der Waals surface area contributed by atoms with Gasteiger partial charge in [-0.15, -0.1) is 5.10 Å². The van der Waals surface area contributed by atoms with Crippen LogP contribution in [0.4, 0.5) is 4.39 Å². The van der Waals surface area contributed by atoms with Gasteiger partial charge in [-0.3, -0.25) is 4.68 Å². The zero-order valence-corrected chi connectivity index (χ0v) is 8.28. The average molecular weight is 198 g/mol. The van der Waals surface area contributed by atoms with Gasteiger partial charge in [0.05, 0.1) is 5.69 Å². The first-order valence-electron chi connectivity index (χ1n) is 4.98. The van der Waals surface area contributed by atoms with Crippen molar-refractivity contribution in [2.45, 2.75) is 31.5 Å². The molecule has 1 aliphatic rings. The van der Waals surface area contributed by atoms with Crippen LogP contribution in [0, 0.1) is 0 Å². The van der Waals surface area contributed by atoms with E-state index in [1.165, 1.54) is 0 Å². The summed E-state index contributed by atoms with van der Waals surface area (Å²) >= 11 is 0. The fourth-order valence-corrected chi connectivity index (χ4v) is 1.85. The molecule has 0 aromatic carbocycles. The lowest BCUT2D eigenvalue weighted by Gasteiger charge is -2.14. The van der Waals surface area contributed by atoms with Crippen molar-refractivity contribution < 1.29 is 4.39 Å². The van der Waals surface area contributed by atoms with E-state index in [1.807, 2.05) is 0 Å². The monoisotopic (exact) mass is 198 g/mol. The minimum atomic E-state index is -0.839. The molecule has 0 spiro atoms. The molecule has 1 N–H and O–H groups in total. The third-order valence-electron chi connectivity index (χ3n) is 2.59. The summed E-state index contributed by atoms with van der Waals surface area (Å²) in [6, 6.07) is 0.0111. The molecule has 0 radical (unpaired) electrons. The van der Waals surface area contributed by atoms with Gasteiger partial charge in [-0.1, -0.05) is 5.21 Å². The second-order valence-corrected chi connectivity index (χ2v) is 3.81. The van der Waals surface area contributed by atoms with Crippen LogP contribution in [0.15, 0.2) is 6.20 Å². The molecule has 1 aromatic heterocycles. The number of aromatic nitrogens is 3. The normalized spacial score (nSPS) is 24.0. The third kappa shape index (κ3) is 2.09. The van der Waals surface area contributed by atoms with Crippen molar-refractivity contribution in [3.8, 4) is 0 Å². The number of rotatable bonds is 3. The molecular weight excluding hydrogens is 183 g/mol. The summed E-state index contributed by atoms with van der Waals surface area (Å²) in [7, 11) is 1.79. The molecule has 0 saturated carbocycles. The summed E-state index contributed by atoms with van der Waals surface area (Å²) in [6.45, 7) is 0.936. The number of hydrogen-bond acceptors (Lipinski definition) is 3. The number of hydrogen-bond donors (Lipinski definition) is 1. The van der Waals surface area contributed by atoms with Gasteiger partial charge in [-0.25, -0.2) is 4.39 Å². The van der Waals surface area contributed by atoms with E-state index >= 15 is 0 Å². The van der Waals surface area contributed by atoms with Crippen LogP contribution in [0.25, 0.3) is 0 Å². The second kappa shape index (κ2) is 4.04. The first-order valence-corrected chi connectivity index (χ1v) is 4.98. The maximum atomic E-state index is 13.7. The molecule has 78 valence electrons. The number of halogens is 1. The standard InChI is InChI=1S/C9H15FN4/c1-14-6-7(12-13-14)5-8(10)9-3-2-4-11-9/h6,8-9,11H,2-5H2,1H3. The van der Waals surface area contributed by atoms with E-state index in [0.29, 0.717) is 6.42 Å². The second-order valence-electron chi connectivity index (χ2n) is 3.81. The Morgan fingerprint density at radius 2 is 2.64 bits per heavy atom. The van der Waals surface area contributed by atoms with Crippen LogP contribution in [0.2, 0.25) is 0 Å². The molecule has 2 rings (SSSR count). The van der Waals surface area contributed by atoms with E-state index in [4.69, 9.17) is 0 Å². The Bertz CT molecular complexity index is 293. The molecule has 1 aliphatic heterocycles. The fourth-order valence-electron chi connectivity index (χ4n) is 1.85. The zero-order chi connectivity index (χ0) is 9.97. The van der Waals surface area contributed by atoms with Crippen molar-refractivity contribution in [3.05, 3.63) is 11.9 Å². The molecule has 0 aliphatic carbocycles. The Hall–Kier alpha value is -0.970. The van der Waals surface area contributed by atoms with E-state index in [9.17, 15) is 4.39 Å². The molecule has 2 heterocycles. The van der Waals surface area contributed by atoms with Crippen LogP contribution in [-0.2, 0) is 13.5 Å². The molecule has 0 amide bonds. The molecule has 14 heavy (non-hydrogen) atoms. The molecule has 0 bridgehead atoms. The quantitative estimate of drug-likeness (QED) is 0.766. The van der Waals surface area contributed by atoms with E-state index in [-0.39, 0.29) is 6.04 Å². The Balaban J connectivity index is 1.90. The first-order chi connectivity index (χ1) is 6.75. The van der Waals surface area contributed by atoms with E-state index in [2.05, 4.69) is 15.6 Å². The van der Waals surface area contributed by atoms with Crippen molar-refractivity contribution in [3.63, 3.8) is 0 Å². The highest BCUT2D eigenvalue weighted by atomic mass is 19.1. The van der Waals surface area contributed by atoms with E-state index in [1.54, 1.807) is 17.9 Å². The predicted molar refractivity (Wildman–Crippen MR) is 50.6 cm³/mol. The van der Waals surface area contributed by atoms with Crippen molar-refractivity contribution >= 4 is 0 Å². The summed E-state index contributed by atoms with van der Waals surface area (Å²) in [5.41, 5.74) is 0.730. The van der Waals surface area contributed by atoms with Crippen molar-refractivity contribution in [2.75, 3.05) is 6.54 Å². The number of nitrogens with zero attached hydrogens (tertiary/aromatic N) is 3. The fraction of sp³-hybridized carbons (Fsp3) is 0.778. The summed E-state index contributed by atoms with van der Waals surface area (Å²) in [5, 5.41) is 10.8. The van der Waals surface area contributed by atoms with E-state index < -0.39 is 6.17 Å². The van der Waals surface area contributed by atoms with Crippen LogP contribution in [-0.4, -0.2) is 33.8 Å². The topological polar surface area (TPSA) is 42.7 Å². The lowest BCUT2D eigenvalue weighted by atomic mass is 10.1. The number of aryl methyl sites for hydroxylation is 1. The summed E-state index contributed by atoms with van der Waals surface area (Å²) in [6.07, 6.45) is 3.30. The average Bonchev–Trinajstić information content (AvgIpc) is 2.75. The third-order valence-corrected chi connectivity index (χ3v) is 2.59. The van der Waals surface area contributed by atoms with Gasteiger partial charge < -0.3 is 5.32 Å². The molecule has 2 unspecified atom stereocenters. The molecule has 1 fully saturated rings. The minimum Gasteiger partial charge on any atom is -0.311 e. The highest BCUT2D eigenvalue weighted by Gasteiger charge is 2.24. The van der Waals surface area contributed by atoms with Gasteiger partial charge in [-0.2, -0.15) is 0 Å². The van der Waals surface area contributed by atoms with Gasteiger partial charge in [-0.05, 0) is 19.4 Å². The summed E-state index contributed by atoms with van der Waals surface area (Å²) in [4.78, 5) is 0. The largest absolute Gasteiger partial charge is 0.311 e. The van der Waals surface area contributed by atoms with Crippen molar-refractivity contribution in [2.24, 2.45) is 7.05 Å². The predicted octanol–water partition coefficient (Wildman–Crippen LogP) is 0.448. The van der Waals surface area contributed by atoms with Crippen LogP contribution in [0.3, 0.4) is 0 Å². The Morgan fingerprint density at radius 3 is 3.21 bits per heavy atom. The SMILES string of the molecule is Cn1cc(CC(F)C2CCCN2)nn1. The van der Waals surface area contributed by atoms with Gasteiger partial charge in [0.25, 0.3) is 0 Å². The molecule has 4 nitrogen and oxygen atoms in total. The van der Waals surface area contributed by atoms with Crippen molar-refractivity contribution in [1.29, 1.82) is 0 Å².